The van der Waals surface area contributed by atoms with Crippen molar-refractivity contribution in [2.24, 2.45) is 12.0 Å². The van der Waals surface area contributed by atoms with Gasteiger partial charge in [0, 0.05) is 25.7 Å². The second kappa shape index (κ2) is 12.7. The second-order valence-corrected chi connectivity index (χ2v) is 8.86. The molecule has 1 saturated heterocycles. The number of amidine groups is 1. The third-order valence-corrected chi connectivity index (χ3v) is 6.00. The van der Waals surface area contributed by atoms with E-state index in [2.05, 4.69) is 47.5 Å². The molecule has 2 heterocycles. The van der Waals surface area contributed by atoms with Crippen LogP contribution in [0.3, 0.4) is 0 Å². The van der Waals surface area contributed by atoms with Crippen LogP contribution in [-0.2, 0) is 11.8 Å². The fourth-order valence-corrected chi connectivity index (χ4v) is 3.96. The van der Waals surface area contributed by atoms with Crippen molar-refractivity contribution in [2.45, 2.75) is 39.2 Å². The summed E-state index contributed by atoms with van der Waals surface area (Å²) in [4.78, 5) is 7.51. The Hall–Kier alpha value is -2.42. The number of aryl methyl sites for hydroxylation is 1. The normalized spacial score (nSPS) is 16.2. The second-order valence-electron chi connectivity index (χ2n) is 8.86. The van der Waals surface area contributed by atoms with Gasteiger partial charge in [0.2, 0.25) is 0 Å². The van der Waals surface area contributed by atoms with Gasteiger partial charge in [-0.05, 0) is 50.0 Å². The summed E-state index contributed by atoms with van der Waals surface area (Å²) in [6.07, 6.45) is 3.04. The minimum absolute atomic E-state index is 0.00604. The standard InChI is InChI=1S/C25H40N6O2/c1-19(2)23-17-27-30(4)25(23)29-24(18-26-10-7-11-31-12-14-33-15-13-31)28-20(3)21-8-6-9-22(16-21)32-5/h6,8-9,16-17,19-20,26H,7,10-15,18H2,1-5H3,(H,28,29)/t20-/m0/s1. The lowest BCUT2D eigenvalue weighted by atomic mass is 10.1. The van der Waals surface area contributed by atoms with Gasteiger partial charge in [0.25, 0.3) is 0 Å². The minimum Gasteiger partial charge on any atom is -0.497 e. The lowest BCUT2D eigenvalue weighted by Crippen LogP contribution is -2.38. The zero-order valence-electron chi connectivity index (χ0n) is 20.8. The highest BCUT2D eigenvalue weighted by atomic mass is 16.5. The van der Waals surface area contributed by atoms with Crippen molar-refractivity contribution in [3.63, 3.8) is 0 Å². The molecule has 8 heteroatoms. The van der Waals surface area contributed by atoms with Gasteiger partial charge in [-0.2, -0.15) is 5.10 Å². The van der Waals surface area contributed by atoms with Crippen LogP contribution >= 0.6 is 0 Å². The SMILES string of the molecule is COc1cccc([C@H](C)N=C(CNCCCN2CCOCC2)Nc2c(C(C)C)cnn2C)c1. The number of morpholine rings is 1. The first-order valence-corrected chi connectivity index (χ1v) is 12.0. The Balaban J connectivity index is 1.67. The highest BCUT2D eigenvalue weighted by Gasteiger charge is 2.15. The predicted molar refractivity (Wildman–Crippen MR) is 135 cm³/mol. The Bertz CT molecular complexity index is 889. The van der Waals surface area contributed by atoms with Crippen LogP contribution in [-0.4, -0.2) is 73.6 Å². The Morgan fingerprint density at radius 2 is 2.03 bits per heavy atom. The molecule has 2 aromatic rings. The van der Waals surface area contributed by atoms with Gasteiger partial charge in [-0.1, -0.05) is 26.0 Å². The molecule has 0 radical (unpaired) electrons. The lowest BCUT2D eigenvalue weighted by molar-refractivity contribution is 0.0375. The molecular formula is C25H40N6O2. The van der Waals surface area contributed by atoms with E-state index in [9.17, 15) is 0 Å². The lowest BCUT2D eigenvalue weighted by Gasteiger charge is -2.26. The van der Waals surface area contributed by atoms with Crippen LogP contribution in [0.1, 0.15) is 50.3 Å². The fraction of sp³-hybridized carbons (Fsp3) is 0.600. The molecule has 1 aliphatic rings. The fourth-order valence-electron chi connectivity index (χ4n) is 3.96. The van der Waals surface area contributed by atoms with E-state index in [0.717, 1.165) is 68.8 Å². The predicted octanol–water partition coefficient (Wildman–Crippen LogP) is 3.44. The van der Waals surface area contributed by atoms with Crippen molar-refractivity contribution in [3.05, 3.63) is 41.6 Å². The van der Waals surface area contributed by atoms with Gasteiger partial charge in [0.1, 0.15) is 17.4 Å². The van der Waals surface area contributed by atoms with Crippen LogP contribution < -0.4 is 15.4 Å². The molecule has 1 atom stereocenters. The van der Waals surface area contributed by atoms with E-state index in [1.807, 2.05) is 36.1 Å². The van der Waals surface area contributed by atoms with E-state index < -0.39 is 0 Å². The number of hydrogen-bond donors (Lipinski definition) is 2. The molecule has 0 unspecified atom stereocenters. The number of rotatable bonds is 11. The Morgan fingerprint density at radius 1 is 1.24 bits per heavy atom. The van der Waals surface area contributed by atoms with Gasteiger partial charge in [-0.3, -0.25) is 14.6 Å². The van der Waals surface area contributed by atoms with Gasteiger partial charge in [0.05, 0.1) is 39.1 Å². The van der Waals surface area contributed by atoms with Crippen molar-refractivity contribution in [2.75, 3.05) is 58.4 Å². The maximum Gasteiger partial charge on any atom is 0.132 e. The third kappa shape index (κ3) is 7.55. The number of hydrogen-bond acceptors (Lipinski definition) is 6. The molecule has 1 fully saturated rings. The minimum atomic E-state index is -0.00604. The largest absolute Gasteiger partial charge is 0.497 e. The average molecular weight is 457 g/mol. The van der Waals surface area contributed by atoms with Gasteiger partial charge in [-0.15, -0.1) is 0 Å². The van der Waals surface area contributed by atoms with Crippen molar-refractivity contribution < 1.29 is 9.47 Å². The summed E-state index contributed by atoms with van der Waals surface area (Å²) in [6.45, 7) is 12.9. The molecule has 2 N–H and O–H groups in total. The summed E-state index contributed by atoms with van der Waals surface area (Å²) in [7, 11) is 3.66. The zero-order chi connectivity index (χ0) is 23.6. The van der Waals surface area contributed by atoms with Crippen LogP contribution in [0.15, 0.2) is 35.5 Å². The van der Waals surface area contributed by atoms with E-state index in [4.69, 9.17) is 14.5 Å². The molecule has 1 aromatic carbocycles. The monoisotopic (exact) mass is 456 g/mol. The van der Waals surface area contributed by atoms with Gasteiger partial charge in [-0.25, -0.2) is 0 Å². The molecule has 0 bridgehead atoms. The molecule has 1 aliphatic heterocycles. The van der Waals surface area contributed by atoms with Crippen molar-refractivity contribution >= 4 is 11.7 Å². The molecule has 1 aromatic heterocycles. The molecule has 3 rings (SSSR count). The van der Waals surface area contributed by atoms with Gasteiger partial charge in [0.15, 0.2) is 0 Å². The molecule has 0 spiro atoms. The summed E-state index contributed by atoms with van der Waals surface area (Å²) >= 11 is 0. The molecule has 0 amide bonds. The van der Waals surface area contributed by atoms with Crippen molar-refractivity contribution in [1.82, 2.24) is 20.0 Å². The summed E-state index contributed by atoms with van der Waals surface area (Å²) < 4.78 is 12.7. The highest BCUT2D eigenvalue weighted by Crippen LogP contribution is 2.25. The van der Waals surface area contributed by atoms with E-state index in [-0.39, 0.29) is 6.04 Å². The van der Waals surface area contributed by atoms with E-state index in [0.29, 0.717) is 12.5 Å². The number of aromatic nitrogens is 2. The number of methoxy groups -OCH3 is 1. The van der Waals surface area contributed by atoms with Gasteiger partial charge >= 0.3 is 0 Å². The quantitative estimate of drug-likeness (QED) is 0.307. The molecule has 182 valence electrons. The van der Waals surface area contributed by atoms with Crippen LogP contribution in [0.5, 0.6) is 5.75 Å². The smallest absolute Gasteiger partial charge is 0.132 e. The molecule has 8 nitrogen and oxygen atoms in total. The van der Waals surface area contributed by atoms with Crippen LogP contribution in [0.4, 0.5) is 5.82 Å². The maximum absolute atomic E-state index is 5.44. The third-order valence-electron chi connectivity index (χ3n) is 6.00. The van der Waals surface area contributed by atoms with Crippen LogP contribution in [0.2, 0.25) is 0 Å². The topological polar surface area (TPSA) is 75.9 Å². The van der Waals surface area contributed by atoms with E-state index >= 15 is 0 Å². The van der Waals surface area contributed by atoms with Crippen molar-refractivity contribution in [1.29, 1.82) is 0 Å². The number of aliphatic imine (C=N–C) groups is 1. The van der Waals surface area contributed by atoms with Crippen LogP contribution in [0, 0.1) is 0 Å². The van der Waals surface area contributed by atoms with E-state index in [1.54, 1.807) is 7.11 Å². The average Bonchev–Trinajstić information content (AvgIpc) is 3.19. The molecular weight excluding hydrogens is 416 g/mol. The maximum atomic E-state index is 5.44. The number of nitrogens with zero attached hydrogens (tertiary/aromatic N) is 4. The summed E-state index contributed by atoms with van der Waals surface area (Å²) in [5, 5.41) is 11.6. The number of ether oxygens (including phenoxy) is 2. The first-order valence-electron chi connectivity index (χ1n) is 12.0. The number of benzene rings is 1. The Kier molecular flexibility index (Phi) is 9.72. The zero-order valence-corrected chi connectivity index (χ0v) is 20.8. The summed E-state index contributed by atoms with van der Waals surface area (Å²) in [6, 6.07) is 8.10. The molecule has 0 saturated carbocycles. The van der Waals surface area contributed by atoms with Crippen LogP contribution in [0.25, 0.3) is 0 Å². The number of nitrogens with one attached hydrogen (secondary N) is 2. The Morgan fingerprint density at radius 3 is 2.76 bits per heavy atom. The molecule has 33 heavy (non-hydrogen) atoms. The van der Waals surface area contributed by atoms with Crippen molar-refractivity contribution in [3.8, 4) is 5.75 Å². The van der Waals surface area contributed by atoms with Gasteiger partial charge < -0.3 is 20.1 Å². The number of anilines is 1. The summed E-state index contributed by atoms with van der Waals surface area (Å²) in [5.74, 6) is 3.12. The first kappa shape index (κ1) is 25.2. The highest BCUT2D eigenvalue weighted by molar-refractivity contribution is 5.97. The van der Waals surface area contributed by atoms with E-state index in [1.165, 1.54) is 5.56 Å². The molecule has 0 aliphatic carbocycles. The first-order chi connectivity index (χ1) is 16.0. The summed E-state index contributed by atoms with van der Waals surface area (Å²) in [5.41, 5.74) is 2.31. The Labute approximate surface area is 198 Å².